The number of hydrogen-bond donors (Lipinski definition) is 1. The van der Waals surface area contributed by atoms with Crippen molar-refractivity contribution in [3.8, 4) is 17.1 Å². The van der Waals surface area contributed by atoms with Gasteiger partial charge in [0, 0.05) is 11.6 Å². The Morgan fingerprint density at radius 2 is 1.77 bits per heavy atom. The molecule has 1 N–H and O–H groups in total. The van der Waals surface area contributed by atoms with Crippen LogP contribution in [0.25, 0.3) is 11.3 Å². The fourth-order valence-electron chi connectivity index (χ4n) is 2.31. The summed E-state index contributed by atoms with van der Waals surface area (Å²) in [6.45, 7) is 2.89. The molecule has 1 heterocycles. The maximum atomic E-state index is 8.99. The Bertz CT molecular complexity index is 534. The van der Waals surface area contributed by atoms with E-state index in [1.807, 2.05) is 24.3 Å². The molecule has 0 saturated heterocycles. The zero-order valence-electron chi connectivity index (χ0n) is 13.3. The Hall–Kier alpha value is -1.81. The smallest absolute Gasteiger partial charge is 0.167 e. The Morgan fingerprint density at radius 1 is 1.05 bits per heavy atom. The molecule has 120 valence electrons. The molecule has 2 rings (SSSR count). The lowest BCUT2D eigenvalue weighted by Gasteiger charge is -2.06. The highest BCUT2D eigenvalue weighted by atomic mass is 16.5. The molecule has 1 aromatic carbocycles. The van der Waals surface area contributed by atoms with Crippen LogP contribution >= 0.6 is 0 Å². The molecule has 0 amide bonds. The summed E-state index contributed by atoms with van der Waals surface area (Å²) in [7, 11) is 0. The molecule has 0 spiro atoms. The summed E-state index contributed by atoms with van der Waals surface area (Å²) < 4.78 is 10.9. The van der Waals surface area contributed by atoms with Crippen LogP contribution in [-0.2, 0) is 6.61 Å². The molecule has 22 heavy (non-hydrogen) atoms. The number of aliphatic hydroxyl groups is 1. The van der Waals surface area contributed by atoms with Crippen molar-refractivity contribution in [3.63, 3.8) is 0 Å². The minimum atomic E-state index is -0.108. The monoisotopic (exact) mass is 303 g/mol. The SMILES string of the molecule is CCCCCCCCOc1ccc(-c2cc(CO)no2)cc1. The number of aliphatic hydroxyl groups excluding tert-OH is 1. The van der Waals surface area contributed by atoms with Crippen molar-refractivity contribution in [1.29, 1.82) is 0 Å². The van der Waals surface area contributed by atoms with Crippen LogP contribution in [0.1, 0.15) is 51.1 Å². The van der Waals surface area contributed by atoms with Gasteiger partial charge in [-0.3, -0.25) is 0 Å². The van der Waals surface area contributed by atoms with Crippen molar-refractivity contribution in [2.24, 2.45) is 0 Å². The van der Waals surface area contributed by atoms with E-state index in [1.165, 1.54) is 32.1 Å². The molecule has 0 radical (unpaired) electrons. The van der Waals surface area contributed by atoms with Gasteiger partial charge < -0.3 is 14.4 Å². The van der Waals surface area contributed by atoms with E-state index in [-0.39, 0.29) is 6.61 Å². The molecular weight excluding hydrogens is 278 g/mol. The quantitative estimate of drug-likeness (QED) is 0.653. The predicted octanol–water partition coefficient (Wildman–Crippen LogP) is 4.57. The van der Waals surface area contributed by atoms with Gasteiger partial charge in [-0.05, 0) is 30.7 Å². The molecule has 0 saturated carbocycles. The first kappa shape index (κ1) is 16.6. The number of aromatic nitrogens is 1. The Balaban J connectivity index is 1.72. The van der Waals surface area contributed by atoms with Crippen LogP contribution < -0.4 is 4.74 Å². The van der Waals surface area contributed by atoms with Crippen LogP contribution in [0.3, 0.4) is 0 Å². The number of rotatable bonds is 10. The minimum absolute atomic E-state index is 0.108. The third-order valence-corrected chi connectivity index (χ3v) is 3.63. The molecule has 0 fully saturated rings. The number of nitrogens with zero attached hydrogens (tertiary/aromatic N) is 1. The molecule has 4 heteroatoms. The van der Waals surface area contributed by atoms with Gasteiger partial charge in [0.2, 0.25) is 0 Å². The van der Waals surface area contributed by atoms with E-state index in [1.54, 1.807) is 6.07 Å². The maximum absolute atomic E-state index is 8.99. The van der Waals surface area contributed by atoms with E-state index in [2.05, 4.69) is 12.1 Å². The second-order valence-corrected chi connectivity index (χ2v) is 5.48. The lowest BCUT2D eigenvalue weighted by Crippen LogP contribution is -1.97. The highest BCUT2D eigenvalue weighted by molar-refractivity contribution is 5.58. The number of hydrogen-bond acceptors (Lipinski definition) is 4. The van der Waals surface area contributed by atoms with Gasteiger partial charge in [-0.15, -0.1) is 0 Å². The first-order chi connectivity index (χ1) is 10.8. The molecule has 2 aromatic rings. The van der Waals surface area contributed by atoms with Gasteiger partial charge in [0.05, 0.1) is 13.2 Å². The van der Waals surface area contributed by atoms with Gasteiger partial charge in [-0.25, -0.2) is 0 Å². The van der Waals surface area contributed by atoms with Gasteiger partial charge in [-0.2, -0.15) is 0 Å². The molecular formula is C18H25NO3. The summed E-state index contributed by atoms with van der Waals surface area (Å²) in [5, 5.41) is 12.8. The molecule has 0 bridgehead atoms. The van der Waals surface area contributed by atoms with Crippen molar-refractivity contribution in [1.82, 2.24) is 5.16 Å². The Kier molecular flexibility index (Phi) is 6.97. The number of unbranched alkanes of at least 4 members (excludes halogenated alkanes) is 5. The largest absolute Gasteiger partial charge is 0.494 e. The standard InChI is InChI=1S/C18H25NO3/c1-2-3-4-5-6-7-12-21-17-10-8-15(9-11-17)18-13-16(14-20)19-22-18/h8-11,13,20H,2-7,12,14H2,1H3. The third kappa shape index (κ3) is 5.19. The van der Waals surface area contributed by atoms with E-state index in [0.717, 1.165) is 24.3 Å². The zero-order valence-corrected chi connectivity index (χ0v) is 13.3. The van der Waals surface area contributed by atoms with E-state index in [9.17, 15) is 0 Å². The van der Waals surface area contributed by atoms with E-state index in [0.29, 0.717) is 11.5 Å². The summed E-state index contributed by atoms with van der Waals surface area (Å²) in [6.07, 6.45) is 7.59. The average Bonchev–Trinajstić information content (AvgIpc) is 3.04. The number of ether oxygens (including phenoxy) is 1. The average molecular weight is 303 g/mol. The topological polar surface area (TPSA) is 55.5 Å². The highest BCUT2D eigenvalue weighted by Crippen LogP contribution is 2.23. The first-order valence-electron chi connectivity index (χ1n) is 8.13. The normalized spacial score (nSPS) is 10.8. The second-order valence-electron chi connectivity index (χ2n) is 5.48. The first-order valence-corrected chi connectivity index (χ1v) is 8.13. The van der Waals surface area contributed by atoms with Crippen LogP contribution in [0.2, 0.25) is 0 Å². The Labute approximate surface area is 132 Å². The fraction of sp³-hybridized carbons (Fsp3) is 0.500. The van der Waals surface area contributed by atoms with Crippen LogP contribution in [0.5, 0.6) is 5.75 Å². The van der Waals surface area contributed by atoms with Gasteiger partial charge in [0.25, 0.3) is 0 Å². The van der Waals surface area contributed by atoms with Crippen LogP contribution in [0, 0.1) is 0 Å². The lowest BCUT2D eigenvalue weighted by atomic mass is 10.1. The maximum Gasteiger partial charge on any atom is 0.167 e. The fourth-order valence-corrected chi connectivity index (χ4v) is 2.31. The molecule has 1 aromatic heterocycles. The van der Waals surface area contributed by atoms with Crippen LogP contribution in [0.15, 0.2) is 34.9 Å². The summed E-state index contributed by atoms with van der Waals surface area (Å²) in [5.41, 5.74) is 1.47. The Morgan fingerprint density at radius 3 is 2.45 bits per heavy atom. The molecule has 0 atom stereocenters. The predicted molar refractivity (Wildman–Crippen MR) is 86.7 cm³/mol. The van der Waals surface area contributed by atoms with Crippen molar-refractivity contribution in [3.05, 3.63) is 36.0 Å². The van der Waals surface area contributed by atoms with E-state index < -0.39 is 0 Å². The summed E-state index contributed by atoms with van der Waals surface area (Å²) >= 11 is 0. The zero-order chi connectivity index (χ0) is 15.6. The van der Waals surface area contributed by atoms with Gasteiger partial charge in [0.1, 0.15) is 11.4 Å². The van der Waals surface area contributed by atoms with Gasteiger partial charge >= 0.3 is 0 Å². The van der Waals surface area contributed by atoms with E-state index >= 15 is 0 Å². The molecule has 0 aliphatic rings. The summed E-state index contributed by atoms with van der Waals surface area (Å²) in [5.74, 6) is 1.53. The summed E-state index contributed by atoms with van der Waals surface area (Å²) in [6, 6.07) is 9.50. The van der Waals surface area contributed by atoms with Crippen molar-refractivity contribution < 1.29 is 14.4 Å². The summed E-state index contributed by atoms with van der Waals surface area (Å²) in [4.78, 5) is 0. The van der Waals surface area contributed by atoms with Crippen molar-refractivity contribution in [2.45, 2.75) is 52.1 Å². The van der Waals surface area contributed by atoms with Gasteiger partial charge in [0.15, 0.2) is 5.76 Å². The lowest BCUT2D eigenvalue weighted by molar-refractivity contribution is 0.267. The minimum Gasteiger partial charge on any atom is -0.494 e. The van der Waals surface area contributed by atoms with Crippen molar-refractivity contribution >= 4 is 0 Å². The molecule has 0 aliphatic heterocycles. The number of benzene rings is 1. The molecule has 0 aliphatic carbocycles. The molecule has 0 unspecified atom stereocenters. The van der Waals surface area contributed by atoms with Crippen LogP contribution in [0.4, 0.5) is 0 Å². The van der Waals surface area contributed by atoms with Gasteiger partial charge in [-0.1, -0.05) is 44.2 Å². The van der Waals surface area contributed by atoms with E-state index in [4.69, 9.17) is 14.4 Å². The second kappa shape index (κ2) is 9.26. The van der Waals surface area contributed by atoms with Crippen LogP contribution in [-0.4, -0.2) is 16.9 Å². The third-order valence-electron chi connectivity index (χ3n) is 3.63. The van der Waals surface area contributed by atoms with Crippen molar-refractivity contribution in [2.75, 3.05) is 6.61 Å². The highest BCUT2D eigenvalue weighted by Gasteiger charge is 2.06. The molecule has 4 nitrogen and oxygen atoms in total.